The van der Waals surface area contributed by atoms with Gasteiger partial charge in [0.1, 0.15) is 5.75 Å². The molecule has 1 aromatic carbocycles. The number of rotatable bonds is 7. The molecule has 96 valence electrons. The Hall–Kier alpha value is -1.06. The van der Waals surface area contributed by atoms with E-state index in [9.17, 15) is 10.2 Å². The van der Waals surface area contributed by atoms with Crippen LogP contribution in [-0.4, -0.2) is 30.5 Å². The second-order valence-electron chi connectivity index (χ2n) is 4.59. The molecule has 0 saturated heterocycles. The molecule has 0 unspecified atom stereocenters. The summed E-state index contributed by atoms with van der Waals surface area (Å²) >= 11 is 0. The van der Waals surface area contributed by atoms with E-state index in [1.54, 1.807) is 7.11 Å². The zero-order valence-electron chi connectivity index (χ0n) is 10.6. The fraction of sp³-hybridized carbons (Fsp3) is 0.571. The summed E-state index contributed by atoms with van der Waals surface area (Å²) in [5.41, 5.74) is 0.669. The predicted molar refractivity (Wildman–Crippen MR) is 68.2 cm³/mol. The largest absolute Gasteiger partial charge is 0.497 e. The number of benzene rings is 1. The third-order valence-electron chi connectivity index (χ3n) is 3.16. The first kappa shape index (κ1) is 14.0. The van der Waals surface area contributed by atoms with Crippen LogP contribution in [0, 0.1) is 5.41 Å². The lowest BCUT2D eigenvalue weighted by Gasteiger charge is -2.29. The number of methoxy groups -OCH3 is 1. The summed E-state index contributed by atoms with van der Waals surface area (Å²) in [5, 5.41) is 19.0. The summed E-state index contributed by atoms with van der Waals surface area (Å²) in [5.74, 6) is 0.809. The minimum Gasteiger partial charge on any atom is -0.497 e. The molecular weight excluding hydrogens is 216 g/mol. The van der Waals surface area contributed by atoms with Crippen molar-refractivity contribution < 1.29 is 14.9 Å². The second-order valence-corrected chi connectivity index (χ2v) is 4.59. The van der Waals surface area contributed by atoms with Gasteiger partial charge in [-0.05, 0) is 30.5 Å². The summed E-state index contributed by atoms with van der Waals surface area (Å²) in [6.07, 6.45) is 2.44. The van der Waals surface area contributed by atoms with E-state index < -0.39 is 5.41 Å². The molecule has 0 bridgehead atoms. The molecule has 0 heterocycles. The molecule has 0 amide bonds. The predicted octanol–water partition coefficient (Wildman–Crippen LogP) is 2.01. The van der Waals surface area contributed by atoms with Gasteiger partial charge in [-0.1, -0.05) is 25.5 Å². The van der Waals surface area contributed by atoms with Crippen LogP contribution in [0.4, 0.5) is 0 Å². The summed E-state index contributed by atoms with van der Waals surface area (Å²) in [7, 11) is 1.64. The molecule has 0 aliphatic rings. The zero-order valence-corrected chi connectivity index (χ0v) is 10.6. The number of hydrogen-bond acceptors (Lipinski definition) is 3. The molecule has 0 aliphatic heterocycles. The normalized spacial score (nSPS) is 11.5. The van der Waals surface area contributed by atoms with Crippen molar-refractivity contribution in [3.63, 3.8) is 0 Å². The average molecular weight is 238 g/mol. The van der Waals surface area contributed by atoms with Gasteiger partial charge in [0.15, 0.2) is 0 Å². The van der Waals surface area contributed by atoms with Crippen LogP contribution in [0.1, 0.15) is 25.3 Å². The van der Waals surface area contributed by atoms with Crippen molar-refractivity contribution in [2.45, 2.75) is 26.2 Å². The maximum absolute atomic E-state index is 9.50. The smallest absolute Gasteiger partial charge is 0.119 e. The molecule has 0 atom stereocenters. The van der Waals surface area contributed by atoms with Crippen molar-refractivity contribution in [2.75, 3.05) is 20.3 Å². The first-order valence-electron chi connectivity index (χ1n) is 6.04. The van der Waals surface area contributed by atoms with Gasteiger partial charge in [-0.3, -0.25) is 0 Å². The first-order chi connectivity index (χ1) is 8.19. The summed E-state index contributed by atoms with van der Waals surface area (Å²) in [4.78, 5) is 0. The molecule has 1 aromatic rings. The second kappa shape index (κ2) is 6.62. The topological polar surface area (TPSA) is 49.7 Å². The van der Waals surface area contributed by atoms with Crippen LogP contribution in [0.3, 0.4) is 0 Å². The lowest BCUT2D eigenvalue weighted by molar-refractivity contribution is 0.0466. The number of hydrogen-bond donors (Lipinski definition) is 2. The Bertz CT molecular complexity index is 332. The van der Waals surface area contributed by atoms with E-state index in [2.05, 4.69) is 6.92 Å². The molecule has 2 N–H and O–H groups in total. The van der Waals surface area contributed by atoms with E-state index in [1.807, 2.05) is 24.3 Å². The molecule has 3 heteroatoms. The SMILES string of the molecule is CCCC(CO)(CO)Cc1cccc(OC)c1. The molecule has 0 aromatic heterocycles. The van der Waals surface area contributed by atoms with Crippen LogP contribution < -0.4 is 4.74 Å². The molecule has 3 nitrogen and oxygen atoms in total. The minimum atomic E-state index is -0.416. The summed E-state index contributed by atoms with van der Waals surface area (Å²) in [6.45, 7) is 2.08. The van der Waals surface area contributed by atoms with E-state index >= 15 is 0 Å². The molecule has 17 heavy (non-hydrogen) atoms. The van der Waals surface area contributed by atoms with Crippen LogP contribution in [0.5, 0.6) is 5.75 Å². The van der Waals surface area contributed by atoms with Crippen molar-refractivity contribution in [3.8, 4) is 5.75 Å². The minimum absolute atomic E-state index is 0.00848. The van der Waals surface area contributed by atoms with Crippen LogP contribution >= 0.6 is 0 Å². The molecular formula is C14H22O3. The van der Waals surface area contributed by atoms with E-state index in [1.165, 1.54) is 0 Å². The van der Waals surface area contributed by atoms with Gasteiger partial charge < -0.3 is 14.9 Å². The van der Waals surface area contributed by atoms with Crippen molar-refractivity contribution in [2.24, 2.45) is 5.41 Å². The van der Waals surface area contributed by atoms with Gasteiger partial charge in [-0.15, -0.1) is 0 Å². The first-order valence-corrected chi connectivity index (χ1v) is 6.04. The van der Waals surface area contributed by atoms with Crippen molar-refractivity contribution in [1.29, 1.82) is 0 Å². The van der Waals surface area contributed by atoms with Gasteiger partial charge >= 0.3 is 0 Å². The lowest BCUT2D eigenvalue weighted by Crippen LogP contribution is -2.32. The summed E-state index contributed by atoms with van der Waals surface area (Å²) < 4.78 is 5.17. The van der Waals surface area contributed by atoms with Crippen LogP contribution in [-0.2, 0) is 6.42 Å². The standard InChI is InChI=1S/C14H22O3/c1-3-7-14(10-15,11-16)9-12-5-4-6-13(8-12)17-2/h4-6,8,15-16H,3,7,9-11H2,1-2H3. The zero-order chi connectivity index (χ0) is 12.7. The highest BCUT2D eigenvalue weighted by Crippen LogP contribution is 2.29. The number of aliphatic hydroxyl groups excluding tert-OH is 2. The fourth-order valence-corrected chi connectivity index (χ4v) is 2.15. The van der Waals surface area contributed by atoms with Crippen LogP contribution in [0.2, 0.25) is 0 Å². The molecule has 0 radical (unpaired) electrons. The quantitative estimate of drug-likeness (QED) is 0.764. The van der Waals surface area contributed by atoms with Gasteiger partial charge in [0.2, 0.25) is 0 Å². The van der Waals surface area contributed by atoms with Gasteiger partial charge in [-0.25, -0.2) is 0 Å². The highest BCUT2D eigenvalue weighted by atomic mass is 16.5. The molecule has 1 rings (SSSR count). The average Bonchev–Trinajstić information content (AvgIpc) is 2.38. The van der Waals surface area contributed by atoms with Crippen molar-refractivity contribution in [1.82, 2.24) is 0 Å². The van der Waals surface area contributed by atoms with E-state index in [0.717, 1.165) is 24.2 Å². The van der Waals surface area contributed by atoms with E-state index in [4.69, 9.17) is 4.74 Å². The number of aliphatic hydroxyl groups is 2. The van der Waals surface area contributed by atoms with E-state index in [0.29, 0.717) is 6.42 Å². The third-order valence-corrected chi connectivity index (χ3v) is 3.16. The fourth-order valence-electron chi connectivity index (χ4n) is 2.15. The molecule has 0 saturated carbocycles. The lowest BCUT2D eigenvalue weighted by atomic mass is 9.79. The van der Waals surface area contributed by atoms with E-state index in [-0.39, 0.29) is 13.2 Å². The highest BCUT2D eigenvalue weighted by Gasteiger charge is 2.28. The maximum Gasteiger partial charge on any atom is 0.119 e. The Labute approximate surface area is 103 Å². The molecule has 0 spiro atoms. The van der Waals surface area contributed by atoms with Crippen LogP contribution in [0.15, 0.2) is 24.3 Å². The van der Waals surface area contributed by atoms with Crippen molar-refractivity contribution >= 4 is 0 Å². The Morgan fingerprint density at radius 2 is 1.94 bits per heavy atom. The molecule has 0 aliphatic carbocycles. The van der Waals surface area contributed by atoms with Crippen molar-refractivity contribution in [3.05, 3.63) is 29.8 Å². The van der Waals surface area contributed by atoms with Gasteiger partial charge in [0.25, 0.3) is 0 Å². The molecule has 0 fully saturated rings. The maximum atomic E-state index is 9.50. The van der Waals surface area contributed by atoms with Gasteiger partial charge in [0, 0.05) is 5.41 Å². The van der Waals surface area contributed by atoms with Gasteiger partial charge in [-0.2, -0.15) is 0 Å². The summed E-state index contributed by atoms with van der Waals surface area (Å²) in [6, 6.07) is 7.77. The number of ether oxygens (including phenoxy) is 1. The Balaban J connectivity index is 2.84. The van der Waals surface area contributed by atoms with Crippen LogP contribution in [0.25, 0.3) is 0 Å². The monoisotopic (exact) mass is 238 g/mol. The third kappa shape index (κ3) is 3.72. The Morgan fingerprint density at radius 1 is 1.24 bits per heavy atom. The van der Waals surface area contributed by atoms with Gasteiger partial charge in [0.05, 0.1) is 20.3 Å². The Kier molecular flexibility index (Phi) is 5.45. The Morgan fingerprint density at radius 3 is 2.47 bits per heavy atom. The highest BCUT2D eigenvalue weighted by molar-refractivity contribution is 5.29.